The molecule has 2 aromatic heterocycles. The Balaban J connectivity index is 1.92. The number of ether oxygens (including phenoxy) is 1. The Kier molecular flexibility index (Phi) is 3.00. The summed E-state index contributed by atoms with van der Waals surface area (Å²) in [5, 5.41) is 0.814. The Hall–Kier alpha value is -2.21. The molecule has 0 fully saturated rings. The van der Waals surface area contributed by atoms with Gasteiger partial charge in [-0.15, -0.1) is 0 Å². The van der Waals surface area contributed by atoms with Gasteiger partial charge in [-0.05, 0) is 24.3 Å². The third-order valence-electron chi connectivity index (χ3n) is 2.61. The van der Waals surface area contributed by atoms with E-state index in [-0.39, 0.29) is 0 Å². The van der Waals surface area contributed by atoms with Crippen molar-refractivity contribution in [2.45, 2.75) is 10.1 Å². The molecule has 5 nitrogen and oxygen atoms in total. The minimum Gasteiger partial charge on any atom is -0.481 e. The van der Waals surface area contributed by atoms with Crippen molar-refractivity contribution in [3.63, 3.8) is 0 Å². The number of anilines is 1. The highest BCUT2D eigenvalue weighted by Crippen LogP contribution is 2.29. The monoisotopic (exact) mass is 272 g/mol. The summed E-state index contributed by atoms with van der Waals surface area (Å²) < 4.78 is 5.10. The second-order valence-corrected chi connectivity index (χ2v) is 5.02. The number of hydrogen-bond acceptors (Lipinski definition) is 5. The fourth-order valence-electron chi connectivity index (χ4n) is 1.73. The van der Waals surface area contributed by atoms with Gasteiger partial charge >= 0.3 is 0 Å². The Bertz CT molecular complexity index is 725. The van der Waals surface area contributed by atoms with E-state index in [0.29, 0.717) is 5.88 Å². The predicted molar refractivity (Wildman–Crippen MR) is 75.4 cm³/mol. The molecule has 0 saturated carbocycles. The predicted octanol–water partition coefficient (Wildman–Crippen LogP) is 2.70. The van der Waals surface area contributed by atoms with Crippen LogP contribution in [0.3, 0.4) is 0 Å². The largest absolute Gasteiger partial charge is 0.481 e. The van der Waals surface area contributed by atoms with E-state index in [4.69, 9.17) is 10.5 Å². The quantitative estimate of drug-likeness (QED) is 0.717. The number of nitrogens with zero attached hydrogens (tertiary/aromatic N) is 2. The van der Waals surface area contributed by atoms with E-state index >= 15 is 0 Å². The molecule has 0 amide bonds. The normalized spacial score (nSPS) is 10.8. The van der Waals surface area contributed by atoms with Gasteiger partial charge in [0.2, 0.25) is 5.88 Å². The second kappa shape index (κ2) is 4.81. The molecule has 0 aliphatic heterocycles. The number of rotatable bonds is 3. The first kappa shape index (κ1) is 11.9. The molecule has 0 saturated heterocycles. The Morgan fingerprint density at radius 3 is 3.00 bits per heavy atom. The number of H-pyrrole nitrogens is 1. The zero-order valence-electron chi connectivity index (χ0n) is 10.3. The molecular weight excluding hydrogens is 260 g/mol. The van der Waals surface area contributed by atoms with E-state index in [0.717, 1.165) is 26.8 Å². The summed E-state index contributed by atoms with van der Waals surface area (Å²) in [5.74, 6) is 0.588. The van der Waals surface area contributed by atoms with Crippen LogP contribution in [0.4, 0.5) is 5.69 Å². The second-order valence-electron chi connectivity index (χ2n) is 3.95. The zero-order valence-corrected chi connectivity index (χ0v) is 11.1. The van der Waals surface area contributed by atoms with Gasteiger partial charge in [-0.2, -0.15) is 0 Å². The molecular formula is C13H12N4OS. The average Bonchev–Trinajstić information content (AvgIpc) is 2.80. The number of methoxy groups -OCH3 is 1. The molecule has 0 bridgehead atoms. The van der Waals surface area contributed by atoms with Gasteiger partial charge in [-0.1, -0.05) is 11.8 Å². The summed E-state index contributed by atoms with van der Waals surface area (Å²) in [6, 6.07) is 9.39. The fourth-order valence-corrected chi connectivity index (χ4v) is 2.55. The Morgan fingerprint density at radius 1 is 1.26 bits per heavy atom. The molecule has 2 heterocycles. The SMILES string of the molecule is COc1cc(Sc2nc3ccc(N)cc3[nH]2)ccn1. The summed E-state index contributed by atoms with van der Waals surface area (Å²) in [7, 11) is 1.60. The van der Waals surface area contributed by atoms with Crippen molar-refractivity contribution >= 4 is 28.5 Å². The molecule has 0 radical (unpaired) electrons. The van der Waals surface area contributed by atoms with Crippen LogP contribution >= 0.6 is 11.8 Å². The van der Waals surface area contributed by atoms with Crippen molar-refractivity contribution in [1.82, 2.24) is 15.0 Å². The van der Waals surface area contributed by atoms with E-state index in [2.05, 4.69) is 15.0 Å². The van der Waals surface area contributed by atoms with Gasteiger partial charge in [0, 0.05) is 22.8 Å². The van der Waals surface area contributed by atoms with Gasteiger partial charge in [-0.25, -0.2) is 9.97 Å². The molecule has 6 heteroatoms. The molecule has 0 spiro atoms. The van der Waals surface area contributed by atoms with Crippen molar-refractivity contribution in [3.05, 3.63) is 36.5 Å². The highest BCUT2D eigenvalue weighted by atomic mass is 32.2. The van der Waals surface area contributed by atoms with E-state index in [9.17, 15) is 0 Å². The van der Waals surface area contributed by atoms with Gasteiger partial charge in [0.15, 0.2) is 5.16 Å². The molecule has 0 aliphatic carbocycles. The fraction of sp³-hybridized carbons (Fsp3) is 0.0769. The van der Waals surface area contributed by atoms with Crippen LogP contribution in [0, 0.1) is 0 Å². The summed E-state index contributed by atoms with van der Waals surface area (Å²) in [6.45, 7) is 0. The number of benzene rings is 1. The molecule has 96 valence electrons. The van der Waals surface area contributed by atoms with E-state index < -0.39 is 0 Å². The van der Waals surface area contributed by atoms with Crippen molar-refractivity contribution in [1.29, 1.82) is 0 Å². The first-order valence-electron chi connectivity index (χ1n) is 5.68. The lowest BCUT2D eigenvalue weighted by Crippen LogP contribution is -1.86. The van der Waals surface area contributed by atoms with Crippen LogP contribution in [0.25, 0.3) is 11.0 Å². The lowest BCUT2D eigenvalue weighted by Gasteiger charge is -2.00. The lowest BCUT2D eigenvalue weighted by molar-refractivity contribution is 0.396. The van der Waals surface area contributed by atoms with Crippen molar-refractivity contribution in [2.75, 3.05) is 12.8 Å². The highest BCUT2D eigenvalue weighted by Gasteiger charge is 2.06. The van der Waals surface area contributed by atoms with Gasteiger partial charge in [0.1, 0.15) is 0 Å². The summed E-state index contributed by atoms with van der Waals surface area (Å²) in [4.78, 5) is 12.8. The molecule has 0 unspecified atom stereocenters. The Morgan fingerprint density at radius 2 is 2.16 bits per heavy atom. The molecule has 3 N–H and O–H groups in total. The number of aromatic amines is 1. The molecule has 0 aliphatic rings. The minimum absolute atomic E-state index is 0.588. The highest BCUT2D eigenvalue weighted by molar-refractivity contribution is 7.99. The molecule has 19 heavy (non-hydrogen) atoms. The van der Waals surface area contributed by atoms with E-state index in [1.165, 1.54) is 11.8 Å². The first-order chi connectivity index (χ1) is 9.24. The number of hydrogen-bond donors (Lipinski definition) is 2. The Labute approximate surface area is 114 Å². The zero-order chi connectivity index (χ0) is 13.2. The summed E-state index contributed by atoms with van der Waals surface area (Å²) >= 11 is 1.52. The maximum atomic E-state index is 5.74. The number of aromatic nitrogens is 3. The number of pyridine rings is 1. The standard InChI is InChI=1S/C13H12N4OS/c1-18-12-7-9(4-5-15-12)19-13-16-10-3-2-8(14)6-11(10)17-13/h2-7H,14H2,1H3,(H,16,17). The van der Waals surface area contributed by atoms with Gasteiger partial charge in [0.05, 0.1) is 18.1 Å². The molecule has 0 atom stereocenters. The van der Waals surface area contributed by atoms with Gasteiger partial charge < -0.3 is 15.5 Å². The van der Waals surface area contributed by atoms with Crippen LogP contribution in [0.15, 0.2) is 46.6 Å². The minimum atomic E-state index is 0.588. The van der Waals surface area contributed by atoms with Crippen LogP contribution in [0.5, 0.6) is 5.88 Å². The van der Waals surface area contributed by atoms with Gasteiger partial charge in [0.25, 0.3) is 0 Å². The number of fused-ring (bicyclic) bond motifs is 1. The van der Waals surface area contributed by atoms with E-state index in [1.807, 2.05) is 30.3 Å². The summed E-state index contributed by atoms with van der Waals surface area (Å²) in [6.07, 6.45) is 1.71. The van der Waals surface area contributed by atoms with Crippen LogP contribution in [0.2, 0.25) is 0 Å². The van der Waals surface area contributed by atoms with Crippen molar-refractivity contribution in [2.24, 2.45) is 0 Å². The number of nitrogens with one attached hydrogen (secondary N) is 1. The number of nitrogen functional groups attached to an aromatic ring is 1. The van der Waals surface area contributed by atoms with Crippen molar-refractivity contribution < 1.29 is 4.74 Å². The average molecular weight is 272 g/mol. The smallest absolute Gasteiger partial charge is 0.214 e. The van der Waals surface area contributed by atoms with Crippen LogP contribution < -0.4 is 10.5 Å². The van der Waals surface area contributed by atoms with Crippen LogP contribution in [-0.4, -0.2) is 22.1 Å². The topological polar surface area (TPSA) is 76.8 Å². The number of imidazole rings is 1. The third-order valence-corrected chi connectivity index (χ3v) is 3.49. The first-order valence-corrected chi connectivity index (χ1v) is 6.49. The molecule has 3 aromatic rings. The molecule has 1 aromatic carbocycles. The molecule has 3 rings (SSSR count). The third kappa shape index (κ3) is 2.48. The maximum absolute atomic E-state index is 5.74. The van der Waals surface area contributed by atoms with Gasteiger partial charge in [-0.3, -0.25) is 0 Å². The van der Waals surface area contributed by atoms with Crippen molar-refractivity contribution in [3.8, 4) is 5.88 Å². The van der Waals surface area contributed by atoms with E-state index in [1.54, 1.807) is 13.3 Å². The summed E-state index contributed by atoms with van der Waals surface area (Å²) in [5.41, 5.74) is 8.30. The lowest BCUT2D eigenvalue weighted by atomic mass is 10.3. The maximum Gasteiger partial charge on any atom is 0.214 e. The number of nitrogens with two attached hydrogens (primary N) is 1. The van der Waals surface area contributed by atoms with Crippen LogP contribution in [0.1, 0.15) is 0 Å². The van der Waals surface area contributed by atoms with Crippen LogP contribution in [-0.2, 0) is 0 Å².